The molecule has 0 spiro atoms. The lowest BCUT2D eigenvalue weighted by atomic mass is 9.93. The van der Waals surface area contributed by atoms with Crippen LogP contribution in [-0.4, -0.2) is 66.5 Å². The fourth-order valence-corrected chi connectivity index (χ4v) is 5.68. The summed E-state index contributed by atoms with van der Waals surface area (Å²) in [6.45, 7) is 5.89. The molecule has 0 bridgehead atoms. The van der Waals surface area contributed by atoms with Crippen molar-refractivity contribution in [3.63, 3.8) is 0 Å². The molecule has 2 aromatic carbocycles. The van der Waals surface area contributed by atoms with Gasteiger partial charge in [0.15, 0.2) is 0 Å². The summed E-state index contributed by atoms with van der Waals surface area (Å²) >= 11 is 0. The smallest absolute Gasteiger partial charge is 0.326 e. The largest absolute Gasteiger partial charge is 0.508 e. The van der Waals surface area contributed by atoms with Gasteiger partial charge in [0.05, 0.1) is 4.90 Å². The maximum absolute atomic E-state index is 13.3. The van der Waals surface area contributed by atoms with Crippen LogP contribution in [0.5, 0.6) is 5.75 Å². The first kappa shape index (κ1) is 29.1. The van der Waals surface area contributed by atoms with Crippen LogP contribution in [0.2, 0.25) is 0 Å². The Hall–Kier alpha value is -3.44. The molecule has 1 aliphatic heterocycles. The molecule has 4 N–H and O–H groups in total. The molecule has 2 aromatic rings. The van der Waals surface area contributed by atoms with E-state index in [1.54, 1.807) is 43.0 Å². The lowest BCUT2D eigenvalue weighted by Gasteiger charge is -2.35. The number of aryl methyl sites for hydroxylation is 1. The van der Waals surface area contributed by atoms with E-state index in [0.29, 0.717) is 18.4 Å². The number of phenols is 1. The number of carboxylic acid groups (broad SMARTS) is 1. The molecule has 1 aliphatic rings. The van der Waals surface area contributed by atoms with Crippen LogP contribution in [0.15, 0.2) is 53.4 Å². The number of nitrogens with zero attached hydrogens (tertiary/aromatic N) is 1. The van der Waals surface area contributed by atoms with Crippen molar-refractivity contribution in [1.29, 1.82) is 0 Å². The molecule has 10 nitrogen and oxygen atoms in total. The quantitative estimate of drug-likeness (QED) is 0.356. The standard InChI is InChI=1S/C27H35N3O7S/c1-17(2)24(29-38(36,37)22-10-4-18(3)5-11-22)26(33)30-14-12-20(13-15-30)25(32)28-23(27(34)35)16-19-6-8-21(31)9-7-19/h4-11,17,20,23-24,29,31H,12-16H2,1-3H3,(H,28,32)(H,34,35)/t23-,24+/m0/s1. The molecule has 0 aliphatic carbocycles. The Balaban J connectivity index is 1.59. The fourth-order valence-electron chi connectivity index (χ4n) is 4.34. The molecule has 0 radical (unpaired) electrons. The molecular weight excluding hydrogens is 510 g/mol. The molecule has 3 rings (SSSR count). The van der Waals surface area contributed by atoms with Crippen molar-refractivity contribution >= 4 is 27.8 Å². The van der Waals surface area contributed by atoms with Crippen molar-refractivity contribution in [2.75, 3.05) is 13.1 Å². The molecule has 1 saturated heterocycles. The minimum Gasteiger partial charge on any atom is -0.508 e. The van der Waals surface area contributed by atoms with Crippen molar-refractivity contribution < 1.29 is 33.0 Å². The van der Waals surface area contributed by atoms with Gasteiger partial charge in [-0.2, -0.15) is 4.72 Å². The van der Waals surface area contributed by atoms with E-state index < -0.39 is 39.9 Å². The highest BCUT2D eigenvalue weighted by Crippen LogP contribution is 2.21. The van der Waals surface area contributed by atoms with Crippen LogP contribution in [0.3, 0.4) is 0 Å². The summed E-state index contributed by atoms with van der Waals surface area (Å²) in [7, 11) is -3.91. The van der Waals surface area contributed by atoms with E-state index in [-0.39, 0.29) is 42.0 Å². The SMILES string of the molecule is Cc1ccc(S(=O)(=O)N[C@@H](C(=O)N2CCC(C(=O)N[C@@H](Cc3ccc(O)cc3)C(=O)O)CC2)C(C)C)cc1. The molecule has 1 fully saturated rings. The second-order valence-corrected chi connectivity index (χ2v) is 11.7. The summed E-state index contributed by atoms with van der Waals surface area (Å²) in [5.74, 6) is -2.63. The molecule has 0 aromatic heterocycles. The number of piperidine rings is 1. The minimum absolute atomic E-state index is 0.0635. The van der Waals surface area contributed by atoms with Gasteiger partial charge < -0.3 is 20.4 Å². The van der Waals surface area contributed by atoms with Gasteiger partial charge in [0, 0.05) is 25.4 Å². The third-order valence-electron chi connectivity index (χ3n) is 6.71. The molecule has 2 amide bonds. The number of rotatable bonds is 10. The zero-order chi connectivity index (χ0) is 28.0. The Kier molecular flexibility index (Phi) is 9.50. The van der Waals surface area contributed by atoms with Crippen molar-refractivity contribution in [1.82, 2.24) is 14.9 Å². The summed E-state index contributed by atoms with van der Waals surface area (Å²) in [6, 6.07) is 10.4. The Labute approximate surface area is 223 Å². The lowest BCUT2D eigenvalue weighted by molar-refractivity contribution is -0.143. The number of amides is 2. The minimum atomic E-state index is -3.91. The first-order chi connectivity index (χ1) is 17.9. The third-order valence-corrected chi connectivity index (χ3v) is 8.17. The highest BCUT2D eigenvalue weighted by Gasteiger charge is 2.35. The van der Waals surface area contributed by atoms with Crippen molar-refractivity contribution in [3.8, 4) is 5.75 Å². The van der Waals surface area contributed by atoms with Gasteiger partial charge in [-0.3, -0.25) is 9.59 Å². The molecule has 206 valence electrons. The topological polar surface area (TPSA) is 153 Å². The van der Waals surface area contributed by atoms with E-state index in [4.69, 9.17) is 0 Å². The molecule has 38 heavy (non-hydrogen) atoms. The van der Waals surface area contributed by atoms with Crippen molar-refractivity contribution in [2.45, 2.75) is 57.0 Å². The van der Waals surface area contributed by atoms with E-state index in [2.05, 4.69) is 10.0 Å². The van der Waals surface area contributed by atoms with Gasteiger partial charge in [0.25, 0.3) is 0 Å². The second kappa shape index (κ2) is 12.4. The lowest BCUT2D eigenvalue weighted by Crippen LogP contribution is -2.54. The highest BCUT2D eigenvalue weighted by molar-refractivity contribution is 7.89. The monoisotopic (exact) mass is 545 g/mol. The van der Waals surface area contributed by atoms with Crippen LogP contribution in [0.1, 0.15) is 37.8 Å². The van der Waals surface area contributed by atoms with Crippen LogP contribution in [-0.2, 0) is 30.8 Å². The van der Waals surface area contributed by atoms with Crippen LogP contribution in [0.25, 0.3) is 0 Å². The predicted octanol–water partition coefficient (Wildman–Crippen LogP) is 2.05. The zero-order valence-electron chi connectivity index (χ0n) is 21.8. The Morgan fingerprint density at radius 3 is 2.11 bits per heavy atom. The Bertz CT molecular complexity index is 1240. The van der Waals surface area contributed by atoms with Crippen LogP contribution in [0.4, 0.5) is 0 Å². The second-order valence-electron chi connectivity index (χ2n) is 10.0. The van der Waals surface area contributed by atoms with E-state index >= 15 is 0 Å². The number of likely N-dealkylation sites (tertiary alicyclic amines) is 1. The third kappa shape index (κ3) is 7.55. The first-order valence-electron chi connectivity index (χ1n) is 12.6. The van der Waals surface area contributed by atoms with Gasteiger partial charge in [-0.1, -0.05) is 43.7 Å². The predicted molar refractivity (Wildman–Crippen MR) is 141 cm³/mol. The number of benzene rings is 2. The summed E-state index contributed by atoms with van der Waals surface area (Å²) in [4.78, 5) is 39.5. The average molecular weight is 546 g/mol. The van der Waals surface area contributed by atoms with Crippen LogP contribution < -0.4 is 10.0 Å². The number of aliphatic carboxylic acids is 1. The van der Waals surface area contributed by atoms with E-state index in [1.165, 1.54) is 24.3 Å². The Morgan fingerprint density at radius 1 is 1.00 bits per heavy atom. The van der Waals surface area contributed by atoms with E-state index in [9.17, 15) is 33.0 Å². The van der Waals surface area contributed by atoms with Gasteiger partial charge >= 0.3 is 5.97 Å². The van der Waals surface area contributed by atoms with E-state index in [0.717, 1.165) is 5.56 Å². The van der Waals surface area contributed by atoms with Crippen molar-refractivity contribution in [3.05, 3.63) is 59.7 Å². The number of sulfonamides is 1. The molecular formula is C27H35N3O7S. The molecule has 2 atom stereocenters. The number of phenolic OH excluding ortho intramolecular Hbond substituents is 1. The fraction of sp³-hybridized carbons (Fsp3) is 0.444. The number of aromatic hydroxyl groups is 1. The number of carboxylic acids is 1. The maximum atomic E-state index is 13.3. The number of hydrogen-bond donors (Lipinski definition) is 4. The van der Waals surface area contributed by atoms with Gasteiger partial charge in [-0.05, 0) is 55.5 Å². The summed E-state index contributed by atoms with van der Waals surface area (Å²) in [5.41, 5.74) is 1.58. The maximum Gasteiger partial charge on any atom is 0.326 e. The number of hydrogen-bond acceptors (Lipinski definition) is 6. The summed E-state index contributed by atoms with van der Waals surface area (Å²) < 4.78 is 28.3. The molecule has 1 heterocycles. The highest BCUT2D eigenvalue weighted by atomic mass is 32.2. The van der Waals surface area contributed by atoms with Gasteiger partial charge in [-0.15, -0.1) is 0 Å². The Morgan fingerprint density at radius 2 is 1.58 bits per heavy atom. The van der Waals surface area contributed by atoms with Gasteiger partial charge in [-0.25, -0.2) is 13.2 Å². The van der Waals surface area contributed by atoms with Gasteiger partial charge in [0.2, 0.25) is 21.8 Å². The number of nitrogens with one attached hydrogen (secondary N) is 2. The molecule has 0 saturated carbocycles. The van der Waals surface area contributed by atoms with E-state index in [1.807, 2.05) is 6.92 Å². The molecule has 11 heteroatoms. The normalized spacial score (nSPS) is 16.2. The zero-order valence-corrected chi connectivity index (χ0v) is 22.6. The average Bonchev–Trinajstić information content (AvgIpc) is 2.88. The van der Waals surface area contributed by atoms with Crippen LogP contribution in [0, 0.1) is 18.8 Å². The van der Waals surface area contributed by atoms with Gasteiger partial charge in [0.1, 0.15) is 17.8 Å². The number of carbonyl (C=O) groups is 3. The first-order valence-corrected chi connectivity index (χ1v) is 14.0. The number of carbonyl (C=O) groups excluding carboxylic acids is 2. The summed E-state index contributed by atoms with van der Waals surface area (Å²) in [5, 5.41) is 21.6. The summed E-state index contributed by atoms with van der Waals surface area (Å²) in [6.07, 6.45) is 0.729. The molecule has 0 unspecified atom stereocenters. The van der Waals surface area contributed by atoms with Crippen molar-refractivity contribution in [2.24, 2.45) is 11.8 Å². The van der Waals surface area contributed by atoms with Crippen LogP contribution >= 0.6 is 0 Å².